The number of rotatable bonds is 2. The van der Waals surface area contributed by atoms with E-state index < -0.39 is 0 Å². The summed E-state index contributed by atoms with van der Waals surface area (Å²) in [6.07, 6.45) is 3.93. The number of nitrogens with one attached hydrogen (secondary N) is 1. The fourth-order valence-electron chi connectivity index (χ4n) is 2.32. The maximum absolute atomic E-state index is 12.1. The molecule has 5 heteroatoms. The Morgan fingerprint density at radius 3 is 2.67 bits per heavy atom. The molecule has 0 radical (unpaired) electrons. The van der Waals surface area contributed by atoms with Gasteiger partial charge in [0, 0.05) is 37.6 Å². The molecule has 100 valence electrons. The zero-order chi connectivity index (χ0) is 12.3. The van der Waals surface area contributed by atoms with Crippen LogP contribution in [-0.2, 0) is 11.2 Å². The number of piperazine rings is 1. The molecule has 0 aliphatic carbocycles. The van der Waals surface area contributed by atoms with Gasteiger partial charge in [-0.2, -0.15) is 0 Å². The Balaban J connectivity index is 0.00000162. The van der Waals surface area contributed by atoms with Crippen LogP contribution in [0.5, 0.6) is 0 Å². The van der Waals surface area contributed by atoms with Crippen LogP contribution in [0.3, 0.4) is 0 Å². The van der Waals surface area contributed by atoms with E-state index in [4.69, 9.17) is 0 Å². The van der Waals surface area contributed by atoms with Crippen LogP contribution in [0.2, 0.25) is 0 Å². The van der Waals surface area contributed by atoms with E-state index in [1.807, 2.05) is 17.0 Å². The fourth-order valence-corrected chi connectivity index (χ4v) is 2.32. The van der Waals surface area contributed by atoms with Gasteiger partial charge in [0.05, 0.1) is 6.42 Å². The van der Waals surface area contributed by atoms with Gasteiger partial charge in [-0.25, -0.2) is 0 Å². The van der Waals surface area contributed by atoms with E-state index in [2.05, 4.69) is 24.1 Å². The Kier molecular flexibility index (Phi) is 5.56. The maximum atomic E-state index is 12.1. The average molecular weight is 270 g/mol. The summed E-state index contributed by atoms with van der Waals surface area (Å²) in [6.45, 7) is 5.81. The summed E-state index contributed by atoms with van der Waals surface area (Å²) in [5, 5.41) is 3.42. The number of aromatic nitrogens is 1. The van der Waals surface area contributed by atoms with Gasteiger partial charge in [0.15, 0.2) is 0 Å². The highest BCUT2D eigenvalue weighted by Gasteiger charge is 2.24. The molecule has 2 heterocycles. The van der Waals surface area contributed by atoms with Crippen LogP contribution in [0.25, 0.3) is 0 Å². The molecular weight excluding hydrogens is 250 g/mol. The molecule has 1 aromatic rings. The zero-order valence-corrected chi connectivity index (χ0v) is 11.6. The molecule has 0 aromatic carbocycles. The number of halogens is 1. The molecule has 1 amide bonds. The van der Waals surface area contributed by atoms with Crippen molar-refractivity contribution in [2.45, 2.75) is 32.4 Å². The number of nitrogens with zero attached hydrogens (tertiary/aromatic N) is 2. The summed E-state index contributed by atoms with van der Waals surface area (Å²) in [5.41, 5.74) is 0.983. The highest BCUT2D eigenvalue weighted by atomic mass is 35.5. The molecule has 2 unspecified atom stereocenters. The average Bonchev–Trinajstić information content (AvgIpc) is 2.29. The monoisotopic (exact) mass is 269 g/mol. The summed E-state index contributed by atoms with van der Waals surface area (Å²) in [7, 11) is 0. The minimum Gasteiger partial charge on any atom is -0.339 e. The number of amides is 1. The van der Waals surface area contributed by atoms with E-state index in [1.165, 1.54) is 0 Å². The van der Waals surface area contributed by atoms with Gasteiger partial charge < -0.3 is 10.2 Å². The molecule has 1 aliphatic heterocycles. The Labute approximate surface area is 114 Å². The van der Waals surface area contributed by atoms with Crippen LogP contribution >= 0.6 is 12.4 Å². The molecule has 0 bridgehead atoms. The fraction of sp³-hybridized carbons (Fsp3) is 0.538. The molecule has 1 fully saturated rings. The van der Waals surface area contributed by atoms with Gasteiger partial charge in [-0.05, 0) is 25.5 Å². The van der Waals surface area contributed by atoms with Gasteiger partial charge in [-0.15, -0.1) is 12.4 Å². The van der Waals surface area contributed by atoms with E-state index in [0.29, 0.717) is 18.5 Å². The second kappa shape index (κ2) is 6.71. The second-order valence-corrected chi connectivity index (χ2v) is 4.81. The van der Waals surface area contributed by atoms with E-state index in [1.54, 1.807) is 12.4 Å². The van der Waals surface area contributed by atoms with Crippen molar-refractivity contribution < 1.29 is 4.79 Å². The predicted octanol–water partition coefficient (Wildman–Crippen LogP) is 1.25. The van der Waals surface area contributed by atoms with Crippen LogP contribution in [0.4, 0.5) is 0 Å². The molecule has 1 saturated heterocycles. The van der Waals surface area contributed by atoms with Crippen molar-refractivity contribution in [3.05, 3.63) is 30.1 Å². The van der Waals surface area contributed by atoms with Gasteiger partial charge in [-0.3, -0.25) is 9.78 Å². The number of hydrogen-bond donors (Lipinski definition) is 1. The Bertz CT molecular complexity index is 375. The minimum atomic E-state index is 0. The third kappa shape index (κ3) is 3.96. The zero-order valence-electron chi connectivity index (χ0n) is 10.8. The van der Waals surface area contributed by atoms with Crippen LogP contribution in [-0.4, -0.2) is 41.0 Å². The Morgan fingerprint density at radius 2 is 2.11 bits per heavy atom. The predicted molar refractivity (Wildman–Crippen MR) is 73.8 cm³/mol. The number of pyridine rings is 1. The summed E-state index contributed by atoms with van der Waals surface area (Å²) < 4.78 is 0. The first kappa shape index (κ1) is 14.9. The number of carbonyl (C=O) groups excluding carboxylic acids is 1. The standard InChI is InChI=1S/C13H19N3O.ClH/c1-10-8-16(9-11(2)15-10)13(17)6-12-4-3-5-14-7-12;/h3-5,7,10-11,15H,6,8-9H2,1-2H3;1H. The lowest BCUT2D eigenvalue weighted by molar-refractivity contribution is -0.132. The smallest absolute Gasteiger partial charge is 0.227 e. The molecule has 2 rings (SSSR count). The first-order valence-electron chi connectivity index (χ1n) is 6.08. The molecule has 18 heavy (non-hydrogen) atoms. The molecule has 1 aliphatic rings. The highest BCUT2D eigenvalue weighted by molar-refractivity contribution is 5.85. The van der Waals surface area contributed by atoms with Gasteiger partial charge in [0.2, 0.25) is 5.91 Å². The summed E-state index contributed by atoms with van der Waals surface area (Å²) in [4.78, 5) is 18.1. The van der Waals surface area contributed by atoms with Crippen molar-refractivity contribution in [1.82, 2.24) is 15.2 Å². The second-order valence-electron chi connectivity index (χ2n) is 4.81. The molecule has 4 nitrogen and oxygen atoms in total. The van der Waals surface area contributed by atoms with E-state index >= 15 is 0 Å². The molecule has 0 spiro atoms. The lowest BCUT2D eigenvalue weighted by Crippen LogP contribution is -2.56. The van der Waals surface area contributed by atoms with E-state index in [-0.39, 0.29) is 18.3 Å². The van der Waals surface area contributed by atoms with Gasteiger partial charge >= 0.3 is 0 Å². The molecule has 2 atom stereocenters. The SMILES string of the molecule is CC1CN(C(=O)Cc2cccnc2)CC(C)N1.Cl. The third-order valence-electron chi connectivity index (χ3n) is 2.99. The quantitative estimate of drug-likeness (QED) is 0.879. The van der Waals surface area contributed by atoms with Crippen LogP contribution in [0.15, 0.2) is 24.5 Å². The maximum Gasteiger partial charge on any atom is 0.227 e. The van der Waals surface area contributed by atoms with Gasteiger partial charge in [-0.1, -0.05) is 6.07 Å². The molecule has 1 aromatic heterocycles. The van der Waals surface area contributed by atoms with Crippen molar-refractivity contribution in [3.63, 3.8) is 0 Å². The van der Waals surface area contributed by atoms with Crippen LogP contribution in [0.1, 0.15) is 19.4 Å². The Morgan fingerprint density at radius 1 is 1.44 bits per heavy atom. The number of hydrogen-bond acceptors (Lipinski definition) is 3. The largest absolute Gasteiger partial charge is 0.339 e. The Hall–Kier alpha value is -1.13. The van der Waals surface area contributed by atoms with Crippen LogP contribution in [0, 0.1) is 0 Å². The number of carbonyl (C=O) groups is 1. The first-order chi connectivity index (χ1) is 8.15. The van der Waals surface area contributed by atoms with Crippen molar-refractivity contribution in [3.8, 4) is 0 Å². The summed E-state index contributed by atoms with van der Waals surface area (Å²) >= 11 is 0. The summed E-state index contributed by atoms with van der Waals surface area (Å²) in [6, 6.07) is 4.55. The molecular formula is C13H20ClN3O. The topological polar surface area (TPSA) is 45.2 Å². The van der Waals surface area contributed by atoms with E-state index in [0.717, 1.165) is 18.7 Å². The summed E-state index contributed by atoms with van der Waals surface area (Å²) in [5.74, 6) is 0.193. The van der Waals surface area contributed by atoms with Crippen molar-refractivity contribution >= 4 is 18.3 Å². The lowest BCUT2D eigenvalue weighted by atomic mass is 10.1. The van der Waals surface area contributed by atoms with Crippen molar-refractivity contribution in [2.75, 3.05) is 13.1 Å². The van der Waals surface area contributed by atoms with Gasteiger partial charge in [0.1, 0.15) is 0 Å². The van der Waals surface area contributed by atoms with Gasteiger partial charge in [0.25, 0.3) is 0 Å². The lowest BCUT2D eigenvalue weighted by Gasteiger charge is -2.36. The van der Waals surface area contributed by atoms with Crippen molar-refractivity contribution in [1.29, 1.82) is 0 Å². The van der Waals surface area contributed by atoms with Crippen LogP contribution < -0.4 is 5.32 Å². The molecule has 0 saturated carbocycles. The van der Waals surface area contributed by atoms with E-state index in [9.17, 15) is 4.79 Å². The third-order valence-corrected chi connectivity index (χ3v) is 2.99. The molecule has 1 N–H and O–H groups in total. The highest BCUT2D eigenvalue weighted by Crippen LogP contribution is 2.07. The first-order valence-corrected chi connectivity index (χ1v) is 6.08. The minimum absolute atomic E-state index is 0. The van der Waals surface area contributed by atoms with Crippen molar-refractivity contribution in [2.24, 2.45) is 0 Å². The normalized spacial score (nSPS) is 23.3.